The van der Waals surface area contributed by atoms with Crippen molar-refractivity contribution in [2.45, 2.75) is 12.8 Å². The van der Waals surface area contributed by atoms with E-state index in [0.29, 0.717) is 18.1 Å². The van der Waals surface area contributed by atoms with Crippen LogP contribution in [0.5, 0.6) is 0 Å². The second-order valence-electron chi connectivity index (χ2n) is 6.37. The highest BCUT2D eigenvalue weighted by Crippen LogP contribution is 2.23. The van der Waals surface area contributed by atoms with E-state index in [2.05, 4.69) is 27.6 Å². The molecule has 0 saturated heterocycles. The summed E-state index contributed by atoms with van der Waals surface area (Å²) in [6.07, 6.45) is 0.678. The fourth-order valence-electron chi connectivity index (χ4n) is 2.88. The van der Waals surface area contributed by atoms with Crippen LogP contribution < -0.4 is 5.32 Å². The van der Waals surface area contributed by atoms with E-state index in [1.807, 2.05) is 72.8 Å². The molecular formula is C23H19N3O2. The van der Waals surface area contributed by atoms with E-state index < -0.39 is 0 Å². The first kappa shape index (κ1) is 17.7. The van der Waals surface area contributed by atoms with Crippen molar-refractivity contribution in [3.8, 4) is 22.5 Å². The largest absolute Gasteiger partial charge is 0.339 e. The molecule has 28 heavy (non-hydrogen) atoms. The molecule has 0 aliphatic heterocycles. The number of nitrogens with one attached hydrogen (secondary N) is 1. The Morgan fingerprint density at radius 3 is 2.11 bits per heavy atom. The topological polar surface area (TPSA) is 68.0 Å². The summed E-state index contributed by atoms with van der Waals surface area (Å²) in [7, 11) is 0. The number of rotatable bonds is 6. The second-order valence-corrected chi connectivity index (χ2v) is 6.37. The molecular weight excluding hydrogens is 350 g/mol. The summed E-state index contributed by atoms with van der Waals surface area (Å²) in [6.45, 7) is 0. The number of nitrogens with zero attached hydrogens (tertiary/aromatic N) is 2. The van der Waals surface area contributed by atoms with Gasteiger partial charge in [0.05, 0.1) is 0 Å². The SMILES string of the molecule is O=C(CCc1nc(-c2ccc(-c3ccccc3)cc2)no1)Nc1ccccc1. The summed E-state index contributed by atoms with van der Waals surface area (Å²) in [6, 6.07) is 27.5. The van der Waals surface area contributed by atoms with E-state index in [1.165, 1.54) is 0 Å². The Morgan fingerprint density at radius 2 is 1.39 bits per heavy atom. The Balaban J connectivity index is 1.37. The zero-order chi connectivity index (χ0) is 19.2. The zero-order valence-electron chi connectivity index (χ0n) is 15.2. The van der Waals surface area contributed by atoms with Gasteiger partial charge >= 0.3 is 0 Å². The summed E-state index contributed by atoms with van der Waals surface area (Å²) in [5, 5.41) is 6.88. The Kier molecular flexibility index (Phi) is 5.24. The summed E-state index contributed by atoms with van der Waals surface area (Å²) in [4.78, 5) is 16.4. The fourth-order valence-corrected chi connectivity index (χ4v) is 2.88. The summed E-state index contributed by atoms with van der Waals surface area (Å²) >= 11 is 0. The van der Waals surface area contributed by atoms with Crippen molar-refractivity contribution in [1.82, 2.24) is 10.1 Å². The number of hydrogen-bond donors (Lipinski definition) is 1. The minimum absolute atomic E-state index is 0.0850. The lowest BCUT2D eigenvalue weighted by molar-refractivity contribution is -0.116. The van der Waals surface area contributed by atoms with Crippen LogP contribution >= 0.6 is 0 Å². The molecule has 0 spiro atoms. The van der Waals surface area contributed by atoms with Gasteiger partial charge in [0.2, 0.25) is 17.6 Å². The number of para-hydroxylation sites is 1. The molecule has 1 aromatic heterocycles. The predicted molar refractivity (Wildman–Crippen MR) is 109 cm³/mol. The van der Waals surface area contributed by atoms with Crippen LogP contribution in [0.2, 0.25) is 0 Å². The van der Waals surface area contributed by atoms with E-state index >= 15 is 0 Å². The molecule has 138 valence electrons. The van der Waals surface area contributed by atoms with Gasteiger partial charge in [0.25, 0.3) is 0 Å². The summed E-state index contributed by atoms with van der Waals surface area (Å²) < 4.78 is 5.29. The van der Waals surface area contributed by atoms with E-state index in [-0.39, 0.29) is 12.3 Å². The van der Waals surface area contributed by atoms with Crippen LogP contribution in [-0.4, -0.2) is 16.0 Å². The molecule has 5 nitrogen and oxygen atoms in total. The highest BCUT2D eigenvalue weighted by atomic mass is 16.5. The highest BCUT2D eigenvalue weighted by Gasteiger charge is 2.11. The van der Waals surface area contributed by atoms with Gasteiger partial charge < -0.3 is 9.84 Å². The smallest absolute Gasteiger partial charge is 0.227 e. The monoisotopic (exact) mass is 369 g/mol. The maximum absolute atomic E-state index is 12.0. The van der Waals surface area contributed by atoms with E-state index in [0.717, 1.165) is 22.4 Å². The normalized spacial score (nSPS) is 10.6. The van der Waals surface area contributed by atoms with Gasteiger partial charge in [0, 0.05) is 24.1 Å². The third-order valence-corrected chi connectivity index (χ3v) is 4.34. The molecule has 1 heterocycles. The van der Waals surface area contributed by atoms with Crippen molar-refractivity contribution in [3.63, 3.8) is 0 Å². The Morgan fingerprint density at radius 1 is 0.786 bits per heavy atom. The van der Waals surface area contributed by atoms with Crippen molar-refractivity contribution in [1.29, 1.82) is 0 Å². The second kappa shape index (κ2) is 8.31. The van der Waals surface area contributed by atoms with Gasteiger partial charge in [-0.1, -0.05) is 78.0 Å². The highest BCUT2D eigenvalue weighted by molar-refractivity contribution is 5.90. The number of amides is 1. The Labute approximate surface area is 163 Å². The molecule has 0 atom stereocenters. The van der Waals surface area contributed by atoms with Crippen LogP contribution in [0.1, 0.15) is 12.3 Å². The molecule has 0 unspecified atom stereocenters. The lowest BCUT2D eigenvalue weighted by Crippen LogP contribution is -2.12. The van der Waals surface area contributed by atoms with Crippen molar-refractivity contribution in [3.05, 3.63) is 90.8 Å². The van der Waals surface area contributed by atoms with Crippen LogP contribution in [0.25, 0.3) is 22.5 Å². The van der Waals surface area contributed by atoms with Gasteiger partial charge in [-0.25, -0.2) is 0 Å². The molecule has 4 rings (SSSR count). The third-order valence-electron chi connectivity index (χ3n) is 4.34. The first-order chi connectivity index (χ1) is 13.8. The Bertz CT molecular complexity index is 1040. The van der Waals surface area contributed by atoms with Gasteiger partial charge in [-0.05, 0) is 23.3 Å². The average molecular weight is 369 g/mol. The standard InChI is InChI=1S/C23H19N3O2/c27-21(24-20-9-5-2-6-10-20)15-16-22-25-23(26-28-22)19-13-11-18(12-14-19)17-7-3-1-4-8-17/h1-14H,15-16H2,(H,24,27). The number of carbonyl (C=O) groups excluding carboxylic acids is 1. The first-order valence-corrected chi connectivity index (χ1v) is 9.11. The first-order valence-electron chi connectivity index (χ1n) is 9.11. The zero-order valence-corrected chi connectivity index (χ0v) is 15.2. The number of anilines is 1. The molecule has 5 heteroatoms. The molecule has 1 amide bonds. The van der Waals surface area contributed by atoms with E-state index in [1.54, 1.807) is 0 Å². The van der Waals surface area contributed by atoms with E-state index in [4.69, 9.17) is 4.52 Å². The van der Waals surface area contributed by atoms with E-state index in [9.17, 15) is 4.79 Å². The maximum Gasteiger partial charge on any atom is 0.227 e. The maximum atomic E-state index is 12.0. The average Bonchev–Trinajstić information content (AvgIpc) is 3.23. The summed E-state index contributed by atoms with van der Waals surface area (Å²) in [5.74, 6) is 0.890. The number of hydrogen-bond acceptors (Lipinski definition) is 4. The predicted octanol–water partition coefficient (Wildman–Crippen LogP) is 4.97. The van der Waals surface area contributed by atoms with Gasteiger partial charge in [0.1, 0.15) is 0 Å². The molecule has 0 saturated carbocycles. The van der Waals surface area contributed by atoms with Crippen LogP contribution in [0.3, 0.4) is 0 Å². The van der Waals surface area contributed by atoms with Gasteiger partial charge in [-0.2, -0.15) is 4.98 Å². The summed E-state index contributed by atoms with van der Waals surface area (Å²) in [5.41, 5.74) is 3.94. The van der Waals surface area contributed by atoms with Crippen LogP contribution in [0.4, 0.5) is 5.69 Å². The van der Waals surface area contributed by atoms with Crippen molar-refractivity contribution in [2.75, 3.05) is 5.32 Å². The molecule has 4 aromatic rings. The number of carbonyl (C=O) groups is 1. The van der Waals surface area contributed by atoms with Crippen LogP contribution in [0.15, 0.2) is 89.5 Å². The third kappa shape index (κ3) is 4.32. The molecule has 0 aliphatic rings. The van der Waals surface area contributed by atoms with Gasteiger partial charge in [-0.15, -0.1) is 0 Å². The van der Waals surface area contributed by atoms with Crippen molar-refractivity contribution >= 4 is 11.6 Å². The van der Waals surface area contributed by atoms with Crippen molar-refractivity contribution in [2.24, 2.45) is 0 Å². The fraction of sp³-hybridized carbons (Fsp3) is 0.0870. The minimum atomic E-state index is -0.0850. The number of aryl methyl sites for hydroxylation is 1. The molecule has 1 N–H and O–H groups in total. The minimum Gasteiger partial charge on any atom is -0.339 e. The van der Waals surface area contributed by atoms with Crippen LogP contribution in [-0.2, 0) is 11.2 Å². The quantitative estimate of drug-likeness (QED) is 0.521. The molecule has 0 fully saturated rings. The van der Waals surface area contributed by atoms with Crippen LogP contribution in [0, 0.1) is 0 Å². The number of aromatic nitrogens is 2. The number of benzene rings is 3. The van der Waals surface area contributed by atoms with Gasteiger partial charge in [-0.3, -0.25) is 4.79 Å². The molecule has 0 aliphatic carbocycles. The lowest BCUT2D eigenvalue weighted by Gasteiger charge is -2.03. The Hall–Kier alpha value is -3.73. The van der Waals surface area contributed by atoms with Gasteiger partial charge in [0.15, 0.2) is 0 Å². The molecule has 0 radical (unpaired) electrons. The lowest BCUT2D eigenvalue weighted by atomic mass is 10.0. The van der Waals surface area contributed by atoms with Crippen molar-refractivity contribution < 1.29 is 9.32 Å². The molecule has 0 bridgehead atoms. The molecule has 3 aromatic carbocycles.